The molecule has 0 aromatic heterocycles. The lowest BCUT2D eigenvalue weighted by Gasteiger charge is -2.25. The molecule has 0 aliphatic heterocycles. The highest BCUT2D eigenvalue weighted by Gasteiger charge is 2.19. The highest BCUT2D eigenvalue weighted by molar-refractivity contribution is 5.87. The molecule has 1 aromatic carbocycles. The molecule has 3 N–H and O–H groups in total. The van der Waals surface area contributed by atoms with Gasteiger partial charge < -0.3 is 20.5 Å². The van der Waals surface area contributed by atoms with Gasteiger partial charge in [0, 0.05) is 13.7 Å². The second kappa shape index (κ2) is 6.91. The van der Waals surface area contributed by atoms with Crippen LogP contribution in [0.3, 0.4) is 0 Å². The quantitative estimate of drug-likeness (QED) is 0.738. The van der Waals surface area contributed by atoms with Crippen LogP contribution in [-0.4, -0.2) is 36.4 Å². The van der Waals surface area contributed by atoms with Gasteiger partial charge in [0.15, 0.2) is 0 Å². The number of hydrogen-bond donors (Lipinski definition) is 3. The van der Waals surface area contributed by atoms with E-state index in [-0.39, 0.29) is 18.1 Å². The Hall–Kier alpha value is -2.08. The van der Waals surface area contributed by atoms with E-state index < -0.39 is 11.5 Å². The molecular formula is C14H20N2O4. The molecule has 6 nitrogen and oxygen atoms in total. The third-order valence-corrected chi connectivity index (χ3v) is 2.58. The molecule has 0 bridgehead atoms. The summed E-state index contributed by atoms with van der Waals surface area (Å²) in [5.41, 5.74) is 0.455. The van der Waals surface area contributed by atoms with E-state index in [0.29, 0.717) is 6.61 Å². The highest BCUT2D eigenvalue weighted by Crippen LogP contribution is 2.05. The SMILES string of the molecule is COCC(C)(C)NC(=O)NCc1cccc(C(=O)O)c1. The fraction of sp³-hybridized carbons (Fsp3) is 0.429. The number of nitrogens with one attached hydrogen (secondary N) is 2. The number of carboxylic acid groups (broad SMARTS) is 1. The van der Waals surface area contributed by atoms with Crippen molar-refractivity contribution >= 4 is 12.0 Å². The molecule has 0 saturated heterocycles. The number of carboxylic acids is 1. The molecule has 0 radical (unpaired) electrons. The van der Waals surface area contributed by atoms with E-state index in [1.165, 1.54) is 12.1 Å². The first-order valence-electron chi connectivity index (χ1n) is 6.21. The largest absolute Gasteiger partial charge is 0.478 e. The minimum Gasteiger partial charge on any atom is -0.478 e. The summed E-state index contributed by atoms with van der Waals surface area (Å²) >= 11 is 0. The topological polar surface area (TPSA) is 87.7 Å². The number of carbonyl (C=O) groups excluding carboxylic acids is 1. The van der Waals surface area contributed by atoms with Crippen LogP contribution in [0, 0.1) is 0 Å². The van der Waals surface area contributed by atoms with Gasteiger partial charge in [-0.2, -0.15) is 0 Å². The molecule has 0 heterocycles. The molecule has 20 heavy (non-hydrogen) atoms. The lowest BCUT2D eigenvalue weighted by atomic mass is 10.1. The van der Waals surface area contributed by atoms with Crippen LogP contribution >= 0.6 is 0 Å². The van der Waals surface area contributed by atoms with Gasteiger partial charge in [0.2, 0.25) is 0 Å². The van der Waals surface area contributed by atoms with Gasteiger partial charge in [-0.15, -0.1) is 0 Å². The number of ether oxygens (including phenoxy) is 1. The predicted octanol–water partition coefficient (Wildman–Crippen LogP) is 1.61. The Labute approximate surface area is 118 Å². The van der Waals surface area contributed by atoms with Crippen LogP contribution in [0.4, 0.5) is 4.79 Å². The van der Waals surface area contributed by atoms with Crippen molar-refractivity contribution in [2.45, 2.75) is 25.9 Å². The van der Waals surface area contributed by atoms with E-state index in [1.54, 1.807) is 19.2 Å². The minimum atomic E-state index is -0.988. The van der Waals surface area contributed by atoms with E-state index in [0.717, 1.165) is 5.56 Å². The summed E-state index contributed by atoms with van der Waals surface area (Å²) in [7, 11) is 1.57. The Bertz CT molecular complexity index is 486. The zero-order chi connectivity index (χ0) is 15.2. The highest BCUT2D eigenvalue weighted by atomic mass is 16.5. The third-order valence-electron chi connectivity index (χ3n) is 2.58. The summed E-state index contributed by atoms with van der Waals surface area (Å²) in [6.45, 7) is 4.35. The minimum absolute atomic E-state index is 0.199. The second-order valence-corrected chi connectivity index (χ2v) is 5.13. The zero-order valence-electron chi connectivity index (χ0n) is 11.9. The molecule has 0 fully saturated rings. The number of benzene rings is 1. The summed E-state index contributed by atoms with van der Waals surface area (Å²) in [6.07, 6.45) is 0. The summed E-state index contributed by atoms with van der Waals surface area (Å²) in [4.78, 5) is 22.6. The maximum atomic E-state index is 11.7. The maximum absolute atomic E-state index is 11.7. The van der Waals surface area contributed by atoms with Gasteiger partial charge in [-0.3, -0.25) is 0 Å². The van der Waals surface area contributed by atoms with Crippen molar-refractivity contribution in [2.75, 3.05) is 13.7 Å². The number of urea groups is 1. The lowest BCUT2D eigenvalue weighted by Crippen LogP contribution is -2.50. The normalized spacial score (nSPS) is 10.9. The van der Waals surface area contributed by atoms with Gasteiger partial charge >= 0.3 is 12.0 Å². The number of carbonyl (C=O) groups is 2. The Morgan fingerprint density at radius 3 is 2.65 bits per heavy atom. The van der Waals surface area contributed by atoms with Gasteiger partial charge in [0.05, 0.1) is 17.7 Å². The number of methoxy groups -OCH3 is 1. The molecule has 0 spiro atoms. The van der Waals surface area contributed by atoms with Crippen LogP contribution in [-0.2, 0) is 11.3 Å². The number of amides is 2. The molecule has 0 saturated carbocycles. The maximum Gasteiger partial charge on any atom is 0.335 e. The van der Waals surface area contributed by atoms with E-state index in [4.69, 9.17) is 9.84 Å². The molecular weight excluding hydrogens is 260 g/mol. The zero-order valence-corrected chi connectivity index (χ0v) is 11.9. The number of aromatic carboxylic acids is 1. The van der Waals surface area contributed by atoms with Crippen LogP contribution in [0.15, 0.2) is 24.3 Å². The first kappa shape index (κ1) is 16.0. The van der Waals surface area contributed by atoms with Crippen molar-refractivity contribution in [3.8, 4) is 0 Å². The first-order valence-corrected chi connectivity index (χ1v) is 6.21. The Kier molecular flexibility index (Phi) is 5.52. The van der Waals surface area contributed by atoms with E-state index in [1.807, 2.05) is 13.8 Å². The molecule has 0 unspecified atom stereocenters. The van der Waals surface area contributed by atoms with Gasteiger partial charge in [0.1, 0.15) is 0 Å². The summed E-state index contributed by atoms with van der Waals surface area (Å²) in [5, 5.41) is 14.3. The van der Waals surface area contributed by atoms with Crippen molar-refractivity contribution in [2.24, 2.45) is 0 Å². The summed E-state index contributed by atoms with van der Waals surface area (Å²) in [6, 6.07) is 6.12. The van der Waals surface area contributed by atoms with Gasteiger partial charge in [0.25, 0.3) is 0 Å². The number of hydrogen-bond acceptors (Lipinski definition) is 3. The van der Waals surface area contributed by atoms with E-state index in [9.17, 15) is 9.59 Å². The third kappa shape index (κ3) is 5.27. The van der Waals surface area contributed by atoms with E-state index >= 15 is 0 Å². The van der Waals surface area contributed by atoms with E-state index in [2.05, 4.69) is 10.6 Å². The molecule has 0 atom stereocenters. The van der Waals surface area contributed by atoms with Crippen LogP contribution in [0.25, 0.3) is 0 Å². The Morgan fingerprint density at radius 1 is 1.35 bits per heavy atom. The van der Waals surface area contributed by atoms with Gasteiger partial charge in [-0.05, 0) is 31.5 Å². The van der Waals surface area contributed by atoms with Crippen LogP contribution in [0.5, 0.6) is 0 Å². The van der Waals surface area contributed by atoms with Crippen molar-refractivity contribution in [1.29, 1.82) is 0 Å². The average molecular weight is 280 g/mol. The average Bonchev–Trinajstić information content (AvgIpc) is 2.36. The van der Waals surface area contributed by atoms with Crippen molar-refractivity contribution in [3.63, 3.8) is 0 Å². The summed E-state index contributed by atoms with van der Waals surface area (Å²) < 4.78 is 5.00. The predicted molar refractivity (Wildman–Crippen MR) is 74.7 cm³/mol. The van der Waals surface area contributed by atoms with Crippen molar-refractivity contribution < 1.29 is 19.4 Å². The van der Waals surface area contributed by atoms with Gasteiger partial charge in [-0.25, -0.2) is 9.59 Å². The van der Waals surface area contributed by atoms with Crippen LogP contribution < -0.4 is 10.6 Å². The first-order chi connectivity index (χ1) is 9.34. The van der Waals surface area contributed by atoms with Crippen molar-refractivity contribution in [1.82, 2.24) is 10.6 Å². The second-order valence-electron chi connectivity index (χ2n) is 5.13. The molecule has 0 aliphatic rings. The molecule has 110 valence electrons. The molecule has 1 rings (SSSR count). The standard InChI is InChI=1S/C14H20N2O4/c1-14(2,9-20-3)16-13(19)15-8-10-5-4-6-11(7-10)12(17)18/h4-7H,8-9H2,1-3H3,(H,17,18)(H2,15,16,19). The van der Waals surface area contributed by atoms with Crippen LogP contribution in [0.2, 0.25) is 0 Å². The molecule has 0 aliphatic carbocycles. The lowest BCUT2D eigenvalue weighted by molar-refractivity contribution is 0.0696. The van der Waals surface area contributed by atoms with Crippen LogP contribution in [0.1, 0.15) is 29.8 Å². The van der Waals surface area contributed by atoms with Crippen molar-refractivity contribution in [3.05, 3.63) is 35.4 Å². The monoisotopic (exact) mass is 280 g/mol. The molecule has 2 amide bonds. The number of rotatable bonds is 6. The Balaban J connectivity index is 2.53. The molecule has 6 heteroatoms. The Morgan fingerprint density at radius 2 is 2.05 bits per heavy atom. The molecule has 1 aromatic rings. The fourth-order valence-corrected chi connectivity index (χ4v) is 1.75. The smallest absolute Gasteiger partial charge is 0.335 e. The van der Waals surface area contributed by atoms with Gasteiger partial charge in [-0.1, -0.05) is 12.1 Å². The summed E-state index contributed by atoms with van der Waals surface area (Å²) in [5.74, 6) is -0.988. The fourth-order valence-electron chi connectivity index (χ4n) is 1.75.